The highest BCUT2D eigenvalue weighted by Crippen LogP contribution is 2.05. The second-order valence-corrected chi connectivity index (χ2v) is 3.89. The lowest BCUT2D eigenvalue weighted by Gasteiger charge is -1.86. The number of aromatic hydroxyl groups is 1. The molecule has 0 saturated heterocycles. The third-order valence-corrected chi connectivity index (χ3v) is 2.45. The van der Waals surface area contributed by atoms with Crippen LogP contribution in [0.3, 0.4) is 0 Å². The number of carbonyl (C=O) groups excluding carboxylic acids is 1. The van der Waals surface area contributed by atoms with Crippen LogP contribution >= 0.6 is 11.3 Å². The molecule has 4 heteroatoms. The summed E-state index contributed by atoms with van der Waals surface area (Å²) in [6.07, 6.45) is 0.365. The minimum Gasteiger partial charge on any atom is -0.508 e. The number of phenols is 1. The van der Waals surface area contributed by atoms with Crippen LogP contribution in [0.1, 0.15) is 5.56 Å². The number of hydrogen-bond donors (Lipinski definition) is 2. The van der Waals surface area contributed by atoms with E-state index in [2.05, 4.69) is 0 Å². The molecule has 2 rings (SSSR count). The molecule has 16 heavy (non-hydrogen) atoms. The van der Waals surface area contributed by atoms with Crippen LogP contribution in [0.2, 0.25) is 0 Å². The monoisotopic (exact) mass is 235 g/mol. The van der Waals surface area contributed by atoms with E-state index >= 15 is 0 Å². The molecule has 0 radical (unpaired) electrons. The molecule has 0 unspecified atom stereocenters. The largest absolute Gasteiger partial charge is 0.508 e. The van der Waals surface area contributed by atoms with Crippen LogP contribution in [0.4, 0.5) is 0 Å². The highest BCUT2D eigenvalue weighted by atomic mass is 32.1. The van der Waals surface area contributed by atoms with Crippen LogP contribution in [0.25, 0.3) is 0 Å². The highest BCUT2D eigenvalue weighted by Gasteiger charge is 1.95. The van der Waals surface area contributed by atoms with Gasteiger partial charge in [0.1, 0.15) is 5.75 Å². The molecule has 1 aromatic heterocycles. The van der Waals surface area contributed by atoms with Crippen molar-refractivity contribution in [2.24, 2.45) is 5.73 Å². The van der Waals surface area contributed by atoms with E-state index in [0.29, 0.717) is 12.2 Å². The van der Waals surface area contributed by atoms with Gasteiger partial charge in [0.15, 0.2) is 0 Å². The lowest BCUT2D eigenvalue weighted by Crippen LogP contribution is -2.12. The van der Waals surface area contributed by atoms with E-state index < -0.39 is 0 Å². The Labute approximate surface area is 98.2 Å². The van der Waals surface area contributed by atoms with Gasteiger partial charge in [-0.2, -0.15) is 11.3 Å². The van der Waals surface area contributed by atoms with Crippen molar-refractivity contribution in [3.05, 3.63) is 52.7 Å². The van der Waals surface area contributed by atoms with E-state index in [1.165, 1.54) is 0 Å². The molecule has 0 aliphatic rings. The highest BCUT2D eigenvalue weighted by molar-refractivity contribution is 7.07. The summed E-state index contributed by atoms with van der Waals surface area (Å²) in [4.78, 5) is 10.3. The van der Waals surface area contributed by atoms with Crippen LogP contribution in [0, 0.1) is 0 Å². The minimum absolute atomic E-state index is 0.270. The van der Waals surface area contributed by atoms with E-state index in [1.54, 1.807) is 35.6 Å². The topological polar surface area (TPSA) is 63.3 Å². The van der Waals surface area contributed by atoms with E-state index in [4.69, 9.17) is 10.8 Å². The van der Waals surface area contributed by atoms with Crippen molar-refractivity contribution in [3.8, 4) is 5.75 Å². The molecule has 84 valence electrons. The number of para-hydroxylation sites is 1. The third kappa shape index (κ3) is 5.17. The van der Waals surface area contributed by atoms with Gasteiger partial charge in [-0.15, -0.1) is 0 Å². The number of primary amides is 1. The second kappa shape index (κ2) is 6.63. The summed E-state index contributed by atoms with van der Waals surface area (Å²) in [6, 6.07) is 10.6. The van der Waals surface area contributed by atoms with Crippen molar-refractivity contribution in [3.63, 3.8) is 0 Å². The lowest BCUT2D eigenvalue weighted by molar-refractivity contribution is -0.117. The van der Waals surface area contributed by atoms with Crippen LogP contribution in [0.15, 0.2) is 47.2 Å². The van der Waals surface area contributed by atoms with Gasteiger partial charge in [-0.1, -0.05) is 18.2 Å². The first-order valence-electron chi connectivity index (χ1n) is 4.72. The molecule has 3 nitrogen and oxygen atoms in total. The number of hydrogen-bond acceptors (Lipinski definition) is 3. The molecule has 1 heterocycles. The van der Waals surface area contributed by atoms with Gasteiger partial charge in [0.25, 0.3) is 0 Å². The number of phenolic OH excluding ortho intramolecular Hbond substituents is 1. The molecule has 0 atom stereocenters. The molecule has 0 aliphatic heterocycles. The maximum atomic E-state index is 10.3. The summed E-state index contributed by atoms with van der Waals surface area (Å²) >= 11 is 1.57. The van der Waals surface area contributed by atoms with Crippen molar-refractivity contribution in [1.29, 1.82) is 0 Å². The molecular weight excluding hydrogens is 222 g/mol. The number of benzene rings is 1. The zero-order valence-electron chi connectivity index (χ0n) is 8.67. The lowest BCUT2D eigenvalue weighted by atomic mass is 10.2. The Balaban J connectivity index is 0.000000165. The van der Waals surface area contributed by atoms with E-state index in [9.17, 15) is 4.79 Å². The van der Waals surface area contributed by atoms with Gasteiger partial charge in [0.05, 0.1) is 6.42 Å². The predicted molar refractivity (Wildman–Crippen MR) is 65.3 cm³/mol. The quantitative estimate of drug-likeness (QED) is 0.838. The van der Waals surface area contributed by atoms with E-state index in [1.807, 2.05) is 22.9 Å². The zero-order valence-corrected chi connectivity index (χ0v) is 9.48. The molecule has 1 aromatic carbocycles. The third-order valence-electron chi connectivity index (χ3n) is 1.71. The van der Waals surface area contributed by atoms with Crippen molar-refractivity contribution < 1.29 is 9.90 Å². The number of carbonyl (C=O) groups is 1. The molecular formula is C12H13NO2S. The molecule has 0 fully saturated rings. The van der Waals surface area contributed by atoms with E-state index in [0.717, 1.165) is 5.56 Å². The molecule has 0 saturated carbocycles. The molecule has 1 amide bonds. The molecule has 3 N–H and O–H groups in total. The molecule has 0 aliphatic carbocycles. The van der Waals surface area contributed by atoms with Crippen LogP contribution in [0.5, 0.6) is 5.75 Å². The predicted octanol–water partition coefficient (Wildman–Crippen LogP) is 2.17. The van der Waals surface area contributed by atoms with Crippen LogP contribution in [-0.4, -0.2) is 11.0 Å². The van der Waals surface area contributed by atoms with Crippen LogP contribution in [-0.2, 0) is 11.2 Å². The summed E-state index contributed by atoms with van der Waals surface area (Å²) in [5.74, 6) is 0.0518. The Morgan fingerprint density at radius 3 is 2.31 bits per heavy atom. The zero-order chi connectivity index (χ0) is 11.8. The Kier molecular flexibility index (Phi) is 5.08. The minimum atomic E-state index is -0.270. The van der Waals surface area contributed by atoms with Gasteiger partial charge in [-0.3, -0.25) is 4.79 Å². The Bertz CT molecular complexity index is 412. The van der Waals surface area contributed by atoms with Gasteiger partial charge in [0, 0.05) is 0 Å². The van der Waals surface area contributed by atoms with Gasteiger partial charge in [0.2, 0.25) is 5.91 Å². The maximum Gasteiger partial charge on any atom is 0.221 e. The number of amides is 1. The fourth-order valence-corrected chi connectivity index (χ4v) is 1.69. The SMILES string of the molecule is NC(=O)Cc1ccsc1.Oc1ccccc1. The van der Waals surface area contributed by atoms with Gasteiger partial charge in [-0.05, 0) is 34.5 Å². The Hall–Kier alpha value is -1.81. The fraction of sp³-hybridized carbons (Fsp3) is 0.0833. The van der Waals surface area contributed by atoms with Crippen molar-refractivity contribution in [2.75, 3.05) is 0 Å². The first-order valence-corrected chi connectivity index (χ1v) is 5.66. The Morgan fingerprint density at radius 2 is 1.94 bits per heavy atom. The van der Waals surface area contributed by atoms with Gasteiger partial charge in [-0.25, -0.2) is 0 Å². The fourth-order valence-electron chi connectivity index (χ4n) is 1.02. The van der Waals surface area contributed by atoms with Crippen LogP contribution < -0.4 is 5.73 Å². The number of thiophene rings is 1. The van der Waals surface area contributed by atoms with Crippen molar-refractivity contribution >= 4 is 17.2 Å². The average Bonchev–Trinajstić information content (AvgIpc) is 2.71. The second-order valence-electron chi connectivity index (χ2n) is 3.11. The molecule has 0 spiro atoms. The molecule has 0 bridgehead atoms. The standard InChI is InChI=1S/C6H7NOS.C6H6O/c7-6(8)3-5-1-2-9-4-5;7-6-4-2-1-3-5-6/h1-2,4H,3H2,(H2,7,8);1-5,7H. The summed E-state index contributed by atoms with van der Waals surface area (Å²) in [5, 5.41) is 12.5. The summed E-state index contributed by atoms with van der Waals surface area (Å²) in [5.41, 5.74) is 5.96. The summed E-state index contributed by atoms with van der Waals surface area (Å²) < 4.78 is 0. The van der Waals surface area contributed by atoms with Gasteiger partial charge >= 0.3 is 0 Å². The summed E-state index contributed by atoms with van der Waals surface area (Å²) in [7, 11) is 0. The molecule has 2 aromatic rings. The normalized spacial score (nSPS) is 9.00. The van der Waals surface area contributed by atoms with Crippen molar-refractivity contribution in [1.82, 2.24) is 0 Å². The smallest absolute Gasteiger partial charge is 0.221 e. The number of nitrogens with two attached hydrogens (primary N) is 1. The number of rotatable bonds is 2. The van der Waals surface area contributed by atoms with Crippen molar-refractivity contribution in [2.45, 2.75) is 6.42 Å². The van der Waals surface area contributed by atoms with Gasteiger partial charge < -0.3 is 10.8 Å². The first kappa shape index (κ1) is 12.3. The Morgan fingerprint density at radius 1 is 1.25 bits per heavy atom. The summed E-state index contributed by atoms with van der Waals surface area (Å²) in [6.45, 7) is 0. The average molecular weight is 235 g/mol. The maximum absolute atomic E-state index is 10.3. The van der Waals surface area contributed by atoms with E-state index in [-0.39, 0.29) is 5.91 Å². The first-order chi connectivity index (χ1) is 7.68.